The smallest absolute Gasteiger partial charge is 0.228 e. The third kappa shape index (κ3) is 1.74. The Bertz CT molecular complexity index is 389. The molecule has 0 unspecified atom stereocenters. The van der Waals surface area contributed by atoms with Crippen LogP contribution in [0.2, 0.25) is 0 Å². The summed E-state index contributed by atoms with van der Waals surface area (Å²) in [6.45, 7) is 6.54. The van der Waals surface area contributed by atoms with E-state index in [-0.39, 0.29) is 17.7 Å². The summed E-state index contributed by atoms with van der Waals surface area (Å²) in [5.74, 6) is 1.15. The molecule has 3 aliphatic rings. The maximum Gasteiger partial charge on any atom is 0.228 e. The molecule has 2 saturated heterocycles. The van der Waals surface area contributed by atoms with Gasteiger partial charge in [-0.2, -0.15) is 0 Å². The van der Waals surface area contributed by atoms with Gasteiger partial charge in [-0.15, -0.1) is 6.58 Å². The highest BCUT2D eigenvalue weighted by molar-refractivity contribution is 5.85. The van der Waals surface area contributed by atoms with Gasteiger partial charge in [-0.25, -0.2) is 0 Å². The molecule has 4 nitrogen and oxygen atoms in total. The highest BCUT2D eigenvalue weighted by Gasteiger charge is 2.47. The van der Waals surface area contributed by atoms with Crippen molar-refractivity contribution < 1.29 is 9.59 Å². The summed E-state index contributed by atoms with van der Waals surface area (Å²) < 4.78 is 0. The Balaban J connectivity index is 1.62. The highest BCUT2D eigenvalue weighted by atomic mass is 16.2. The third-order valence-electron chi connectivity index (χ3n) is 4.64. The first-order valence-electron chi connectivity index (χ1n) is 6.89. The molecule has 1 saturated carbocycles. The molecule has 0 aromatic heterocycles. The average Bonchev–Trinajstić information content (AvgIpc) is 2.79. The van der Waals surface area contributed by atoms with E-state index in [4.69, 9.17) is 0 Å². The van der Waals surface area contributed by atoms with Crippen LogP contribution < -0.4 is 0 Å². The van der Waals surface area contributed by atoms with Gasteiger partial charge in [0.2, 0.25) is 11.8 Å². The summed E-state index contributed by atoms with van der Waals surface area (Å²) in [4.78, 5) is 28.1. The van der Waals surface area contributed by atoms with Gasteiger partial charge in [-0.3, -0.25) is 9.59 Å². The SMILES string of the molecule is C=CCN1C[C@@H]2CN(C(=O)C3CCC3)C[C@@H]2C1=O. The van der Waals surface area contributed by atoms with Gasteiger partial charge >= 0.3 is 0 Å². The second-order valence-electron chi connectivity index (χ2n) is 5.77. The predicted octanol–water partition coefficient (Wildman–Crippen LogP) is 0.889. The Morgan fingerprint density at radius 2 is 2.11 bits per heavy atom. The monoisotopic (exact) mass is 248 g/mol. The molecule has 0 spiro atoms. The highest BCUT2D eigenvalue weighted by Crippen LogP contribution is 2.35. The number of carbonyl (C=O) groups excluding carboxylic acids is 2. The second-order valence-corrected chi connectivity index (χ2v) is 5.77. The summed E-state index contributed by atoms with van der Waals surface area (Å²) in [5.41, 5.74) is 0. The molecule has 2 atom stereocenters. The van der Waals surface area contributed by atoms with Gasteiger partial charge in [0.05, 0.1) is 5.92 Å². The maximum absolute atomic E-state index is 12.2. The molecule has 4 heteroatoms. The van der Waals surface area contributed by atoms with Crippen molar-refractivity contribution in [3.05, 3.63) is 12.7 Å². The fourth-order valence-electron chi connectivity index (χ4n) is 3.36. The standard InChI is InChI=1S/C14H20N2O2/c1-2-6-15-7-11-8-16(9-12(11)14(15)18)13(17)10-4-3-5-10/h2,10-12H,1,3-9H2/t11-,12+/m1/s1. The molecule has 3 fully saturated rings. The van der Waals surface area contributed by atoms with E-state index < -0.39 is 0 Å². The van der Waals surface area contributed by atoms with E-state index in [9.17, 15) is 9.59 Å². The van der Waals surface area contributed by atoms with Crippen molar-refractivity contribution in [3.8, 4) is 0 Å². The van der Waals surface area contributed by atoms with Crippen molar-refractivity contribution in [2.75, 3.05) is 26.2 Å². The van der Waals surface area contributed by atoms with Crippen LogP contribution in [0.25, 0.3) is 0 Å². The molecule has 0 radical (unpaired) electrons. The molecule has 0 N–H and O–H groups in total. The molecule has 0 aromatic carbocycles. The lowest BCUT2D eigenvalue weighted by molar-refractivity contribution is -0.138. The van der Waals surface area contributed by atoms with Gasteiger partial charge in [0.1, 0.15) is 0 Å². The molecule has 0 bridgehead atoms. The molecule has 1 aliphatic carbocycles. The molecular formula is C14H20N2O2. The van der Waals surface area contributed by atoms with Crippen molar-refractivity contribution >= 4 is 11.8 Å². The summed E-state index contributed by atoms with van der Waals surface area (Å²) in [7, 11) is 0. The summed E-state index contributed by atoms with van der Waals surface area (Å²) in [6.07, 6.45) is 5.04. The fraction of sp³-hybridized carbons (Fsp3) is 0.714. The number of rotatable bonds is 3. The Labute approximate surface area is 108 Å². The Kier molecular flexibility index (Phi) is 2.88. The summed E-state index contributed by atoms with van der Waals surface area (Å²) in [6, 6.07) is 0. The van der Waals surface area contributed by atoms with Crippen molar-refractivity contribution in [2.24, 2.45) is 17.8 Å². The number of nitrogens with zero attached hydrogens (tertiary/aromatic N) is 2. The maximum atomic E-state index is 12.2. The van der Waals surface area contributed by atoms with E-state index in [0.29, 0.717) is 24.9 Å². The molecular weight excluding hydrogens is 228 g/mol. The molecule has 3 rings (SSSR count). The molecule has 98 valence electrons. The van der Waals surface area contributed by atoms with Crippen LogP contribution in [0.3, 0.4) is 0 Å². The number of amides is 2. The number of likely N-dealkylation sites (tertiary alicyclic amines) is 2. The first-order valence-corrected chi connectivity index (χ1v) is 6.89. The third-order valence-corrected chi connectivity index (χ3v) is 4.64. The quantitative estimate of drug-likeness (QED) is 0.696. The molecule has 2 heterocycles. The Morgan fingerprint density at radius 3 is 2.67 bits per heavy atom. The minimum Gasteiger partial charge on any atom is -0.341 e. The number of hydrogen-bond donors (Lipinski definition) is 0. The lowest BCUT2D eigenvalue weighted by Crippen LogP contribution is -2.40. The largest absolute Gasteiger partial charge is 0.341 e. The topological polar surface area (TPSA) is 40.6 Å². The molecule has 2 amide bonds. The van der Waals surface area contributed by atoms with E-state index in [1.165, 1.54) is 6.42 Å². The van der Waals surface area contributed by atoms with Crippen LogP contribution in [-0.2, 0) is 9.59 Å². The number of hydrogen-bond acceptors (Lipinski definition) is 2. The van der Waals surface area contributed by atoms with Crippen LogP contribution in [0.1, 0.15) is 19.3 Å². The average molecular weight is 248 g/mol. The van der Waals surface area contributed by atoms with E-state index in [2.05, 4.69) is 6.58 Å². The van der Waals surface area contributed by atoms with Gasteiger partial charge in [-0.05, 0) is 12.8 Å². The van der Waals surface area contributed by atoms with Crippen LogP contribution in [0.5, 0.6) is 0 Å². The van der Waals surface area contributed by atoms with Gasteiger partial charge in [0.15, 0.2) is 0 Å². The van der Waals surface area contributed by atoms with E-state index >= 15 is 0 Å². The first-order chi connectivity index (χ1) is 8.70. The van der Waals surface area contributed by atoms with E-state index in [1.807, 2.05) is 9.80 Å². The van der Waals surface area contributed by atoms with Crippen molar-refractivity contribution in [1.82, 2.24) is 9.80 Å². The van der Waals surface area contributed by atoms with Crippen molar-refractivity contribution in [2.45, 2.75) is 19.3 Å². The van der Waals surface area contributed by atoms with Crippen LogP contribution in [0.15, 0.2) is 12.7 Å². The second kappa shape index (κ2) is 4.41. The first kappa shape index (κ1) is 11.8. The van der Waals surface area contributed by atoms with Crippen LogP contribution in [0.4, 0.5) is 0 Å². The van der Waals surface area contributed by atoms with Gasteiger partial charge in [0, 0.05) is 38.0 Å². The van der Waals surface area contributed by atoms with Gasteiger partial charge in [0.25, 0.3) is 0 Å². The number of carbonyl (C=O) groups is 2. The lowest BCUT2D eigenvalue weighted by Gasteiger charge is -2.30. The summed E-state index contributed by atoms with van der Waals surface area (Å²) in [5, 5.41) is 0. The zero-order chi connectivity index (χ0) is 12.7. The zero-order valence-electron chi connectivity index (χ0n) is 10.7. The van der Waals surface area contributed by atoms with Crippen LogP contribution in [0, 0.1) is 17.8 Å². The fourth-order valence-corrected chi connectivity index (χ4v) is 3.36. The lowest BCUT2D eigenvalue weighted by atomic mass is 9.84. The zero-order valence-corrected chi connectivity index (χ0v) is 10.7. The van der Waals surface area contributed by atoms with Crippen LogP contribution in [-0.4, -0.2) is 47.8 Å². The summed E-state index contributed by atoms with van der Waals surface area (Å²) >= 11 is 0. The minimum atomic E-state index is 0.0500. The van der Waals surface area contributed by atoms with E-state index in [0.717, 1.165) is 25.9 Å². The van der Waals surface area contributed by atoms with E-state index in [1.54, 1.807) is 6.08 Å². The van der Waals surface area contributed by atoms with Gasteiger partial charge in [-0.1, -0.05) is 12.5 Å². The van der Waals surface area contributed by atoms with Crippen molar-refractivity contribution in [1.29, 1.82) is 0 Å². The minimum absolute atomic E-state index is 0.0500. The van der Waals surface area contributed by atoms with Crippen LogP contribution >= 0.6 is 0 Å². The van der Waals surface area contributed by atoms with Crippen molar-refractivity contribution in [3.63, 3.8) is 0 Å². The molecule has 2 aliphatic heterocycles. The Morgan fingerprint density at radius 1 is 1.33 bits per heavy atom. The predicted molar refractivity (Wildman–Crippen MR) is 67.7 cm³/mol. The van der Waals surface area contributed by atoms with Gasteiger partial charge < -0.3 is 9.80 Å². The number of fused-ring (bicyclic) bond motifs is 1. The Hall–Kier alpha value is -1.32. The normalized spacial score (nSPS) is 31.4. The molecule has 18 heavy (non-hydrogen) atoms. The molecule has 0 aromatic rings.